The molecule has 0 radical (unpaired) electrons. The molecular weight excluding hydrogens is 248 g/mol. The van der Waals surface area contributed by atoms with E-state index in [1.807, 2.05) is 0 Å². The summed E-state index contributed by atoms with van der Waals surface area (Å²) in [5, 5.41) is 0. The Morgan fingerprint density at radius 3 is 2.50 bits per heavy atom. The predicted molar refractivity (Wildman–Crippen MR) is 74.9 cm³/mol. The van der Waals surface area contributed by atoms with Gasteiger partial charge in [-0.15, -0.1) is 0 Å². The molecule has 0 atom stereocenters. The van der Waals surface area contributed by atoms with Gasteiger partial charge in [-0.05, 0) is 37.0 Å². The summed E-state index contributed by atoms with van der Waals surface area (Å²) in [4.78, 5) is 0.300. The molecule has 4 nitrogen and oxygen atoms in total. The third-order valence-electron chi connectivity index (χ3n) is 3.04. The normalized spacial score (nSPS) is 12.3. The van der Waals surface area contributed by atoms with E-state index < -0.39 is 10.0 Å². The Morgan fingerprint density at radius 2 is 1.94 bits per heavy atom. The first-order valence-electron chi connectivity index (χ1n) is 6.08. The summed E-state index contributed by atoms with van der Waals surface area (Å²) >= 11 is 0. The van der Waals surface area contributed by atoms with E-state index in [-0.39, 0.29) is 0 Å². The van der Waals surface area contributed by atoms with Gasteiger partial charge in [0.2, 0.25) is 10.0 Å². The van der Waals surface area contributed by atoms with Crippen LogP contribution in [0.3, 0.4) is 0 Å². The zero-order valence-corrected chi connectivity index (χ0v) is 12.3. The number of hydrogen-bond donors (Lipinski definition) is 1. The van der Waals surface area contributed by atoms with Crippen molar-refractivity contribution in [3.63, 3.8) is 0 Å². The van der Waals surface area contributed by atoms with Gasteiger partial charge in [0.25, 0.3) is 0 Å². The fraction of sp³-hybridized carbons (Fsp3) is 0.538. The molecule has 0 aliphatic carbocycles. The van der Waals surface area contributed by atoms with E-state index in [1.165, 1.54) is 4.31 Å². The molecule has 0 fully saturated rings. The van der Waals surface area contributed by atoms with Crippen molar-refractivity contribution < 1.29 is 8.42 Å². The van der Waals surface area contributed by atoms with Crippen LogP contribution in [0.1, 0.15) is 25.8 Å². The lowest BCUT2D eigenvalue weighted by molar-refractivity contribution is 0.428. The molecule has 2 N–H and O–H groups in total. The summed E-state index contributed by atoms with van der Waals surface area (Å²) in [6.07, 6.45) is 0.844. The number of anilines is 1. The molecule has 0 heterocycles. The van der Waals surface area contributed by atoms with Crippen LogP contribution in [-0.2, 0) is 10.0 Å². The van der Waals surface area contributed by atoms with Crippen LogP contribution in [0.25, 0.3) is 0 Å². The first kappa shape index (κ1) is 15.0. The minimum atomic E-state index is -3.43. The Bertz CT molecular complexity index is 510. The van der Waals surface area contributed by atoms with Crippen molar-refractivity contribution in [1.82, 2.24) is 4.31 Å². The van der Waals surface area contributed by atoms with Crippen molar-refractivity contribution in [2.45, 2.75) is 32.1 Å². The predicted octanol–water partition coefficient (Wildman–Crippen LogP) is 2.24. The van der Waals surface area contributed by atoms with E-state index in [0.717, 1.165) is 6.42 Å². The number of sulfonamides is 1. The topological polar surface area (TPSA) is 63.4 Å². The van der Waals surface area contributed by atoms with E-state index in [1.54, 1.807) is 32.2 Å². The van der Waals surface area contributed by atoms with E-state index in [0.29, 0.717) is 28.6 Å². The second kappa shape index (κ2) is 5.71. The second-order valence-corrected chi connectivity index (χ2v) is 6.99. The molecule has 5 heteroatoms. The van der Waals surface area contributed by atoms with Gasteiger partial charge in [0.1, 0.15) is 0 Å². The lowest BCUT2D eigenvalue weighted by Crippen LogP contribution is -2.29. The zero-order valence-electron chi connectivity index (χ0n) is 11.5. The van der Waals surface area contributed by atoms with E-state index in [4.69, 9.17) is 5.73 Å². The highest BCUT2D eigenvalue weighted by molar-refractivity contribution is 7.89. The Labute approximate surface area is 110 Å². The van der Waals surface area contributed by atoms with Crippen molar-refractivity contribution in [2.75, 3.05) is 19.3 Å². The van der Waals surface area contributed by atoms with Crippen molar-refractivity contribution in [2.24, 2.45) is 5.92 Å². The van der Waals surface area contributed by atoms with Crippen LogP contribution >= 0.6 is 0 Å². The summed E-state index contributed by atoms with van der Waals surface area (Å²) in [5.41, 5.74) is 6.88. The van der Waals surface area contributed by atoms with Crippen molar-refractivity contribution in [3.05, 3.63) is 23.8 Å². The fourth-order valence-corrected chi connectivity index (χ4v) is 3.08. The molecule has 1 aromatic carbocycles. The molecular formula is C13H22N2O2S. The van der Waals surface area contributed by atoms with Crippen molar-refractivity contribution in [3.8, 4) is 0 Å². The minimum Gasteiger partial charge on any atom is -0.398 e. The molecule has 0 bridgehead atoms. The molecule has 1 aromatic rings. The van der Waals surface area contributed by atoms with Crippen LogP contribution in [0.15, 0.2) is 23.1 Å². The summed E-state index contributed by atoms with van der Waals surface area (Å²) in [6.45, 7) is 6.41. The van der Waals surface area contributed by atoms with Gasteiger partial charge in [-0.2, -0.15) is 0 Å². The molecule has 1 rings (SSSR count). The minimum absolute atomic E-state index is 0.300. The Hall–Kier alpha value is -1.07. The Balaban J connectivity index is 3.02. The quantitative estimate of drug-likeness (QED) is 0.835. The third kappa shape index (κ3) is 3.23. The van der Waals surface area contributed by atoms with Gasteiger partial charge in [0.05, 0.1) is 4.90 Å². The van der Waals surface area contributed by atoms with Crippen LogP contribution in [0.2, 0.25) is 0 Å². The standard InChI is InChI=1S/C13H22N2O2S/c1-10(2)8-9-15(4)18(16,17)13-7-5-6-12(14)11(13)3/h5-7,10H,8-9,14H2,1-4H3. The second-order valence-electron chi connectivity index (χ2n) is 4.98. The van der Waals surface area contributed by atoms with Gasteiger partial charge >= 0.3 is 0 Å². The number of benzene rings is 1. The summed E-state index contributed by atoms with van der Waals surface area (Å²) in [5.74, 6) is 0.476. The molecule has 0 unspecified atom stereocenters. The summed E-state index contributed by atoms with van der Waals surface area (Å²) < 4.78 is 26.2. The zero-order chi connectivity index (χ0) is 13.9. The van der Waals surface area contributed by atoms with Gasteiger partial charge in [0, 0.05) is 19.3 Å². The number of nitrogens with zero attached hydrogens (tertiary/aromatic N) is 1. The largest absolute Gasteiger partial charge is 0.398 e. The average molecular weight is 270 g/mol. The molecule has 18 heavy (non-hydrogen) atoms. The van der Waals surface area contributed by atoms with Crippen molar-refractivity contribution >= 4 is 15.7 Å². The molecule has 0 spiro atoms. The number of rotatable bonds is 5. The molecule has 0 aliphatic heterocycles. The third-order valence-corrected chi connectivity index (χ3v) is 5.04. The maximum absolute atomic E-state index is 12.4. The molecule has 102 valence electrons. The van der Waals surface area contributed by atoms with Gasteiger partial charge in [-0.25, -0.2) is 12.7 Å². The monoisotopic (exact) mass is 270 g/mol. The highest BCUT2D eigenvalue weighted by atomic mass is 32.2. The lowest BCUT2D eigenvalue weighted by atomic mass is 10.1. The van der Waals surface area contributed by atoms with Crippen LogP contribution in [0.5, 0.6) is 0 Å². The van der Waals surface area contributed by atoms with Gasteiger partial charge in [-0.3, -0.25) is 0 Å². The van der Waals surface area contributed by atoms with Gasteiger partial charge < -0.3 is 5.73 Å². The highest BCUT2D eigenvalue weighted by Gasteiger charge is 2.23. The number of nitrogen functional groups attached to an aromatic ring is 1. The van der Waals surface area contributed by atoms with Crippen LogP contribution in [-0.4, -0.2) is 26.3 Å². The lowest BCUT2D eigenvalue weighted by Gasteiger charge is -2.19. The molecule has 0 aliphatic rings. The van der Waals surface area contributed by atoms with Crippen molar-refractivity contribution in [1.29, 1.82) is 0 Å². The fourth-order valence-electron chi connectivity index (χ4n) is 1.64. The molecule has 0 saturated heterocycles. The average Bonchev–Trinajstić information content (AvgIpc) is 2.29. The first-order valence-corrected chi connectivity index (χ1v) is 7.52. The molecule has 0 amide bonds. The van der Waals surface area contributed by atoms with E-state index in [9.17, 15) is 8.42 Å². The Kier molecular flexibility index (Phi) is 4.76. The molecule has 0 saturated carbocycles. The Morgan fingerprint density at radius 1 is 1.33 bits per heavy atom. The van der Waals surface area contributed by atoms with Gasteiger partial charge in [0.15, 0.2) is 0 Å². The summed E-state index contributed by atoms with van der Waals surface area (Å²) in [6, 6.07) is 4.99. The number of hydrogen-bond acceptors (Lipinski definition) is 3. The van der Waals surface area contributed by atoms with E-state index in [2.05, 4.69) is 13.8 Å². The maximum Gasteiger partial charge on any atom is 0.243 e. The van der Waals surface area contributed by atoms with Crippen LogP contribution in [0, 0.1) is 12.8 Å². The van der Waals surface area contributed by atoms with Crippen LogP contribution < -0.4 is 5.73 Å². The molecule has 0 aromatic heterocycles. The number of nitrogens with two attached hydrogens (primary N) is 1. The smallest absolute Gasteiger partial charge is 0.243 e. The maximum atomic E-state index is 12.4. The van der Waals surface area contributed by atoms with Gasteiger partial charge in [-0.1, -0.05) is 19.9 Å². The highest BCUT2D eigenvalue weighted by Crippen LogP contribution is 2.23. The van der Waals surface area contributed by atoms with E-state index >= 15 is 0 Å². The SMILES string of the molecule is Cc1c(N)cccc1S(=O)(=O)N(C)CCC(C)C. The van der Waals surface area contributed by atoms with Crippen LogP contribution in [0.4, 0.5) is 5.69 Å². The first-order chi connectivity index (χ1) is 8.26. The summed E-state index contributed by atoms with van der Waals surface area (Å²) in [7, 11) is -1.82.